The van der Waals surface area contributed by atoms with Crippen molar-refractivity contribution in [3.8, 4) is 5.75 Å². The summed E-state index contributed by atoms with van der Waals surface area (Å²) in [4.78, 5) is 0. The zero-order valence-corrected chi connectivity index (χ0v) is 11.8. The van der Waals surface area contributed by atoms with E-state index in [2.05, 4.69) is 5.10 Å². The number of benzene rings is 1. The molecule has 0 aliphatic heterocycles. The molecule has 102 valence electrons. The highest BCUT2D eigenvalue weighted by Crippen LogP contribution is 2.30. The molecule has 1 unspecified atom stereocenters. The average Bonchev–Trinajstić information content (AvgIpc) is 2.79. The van der Waals surface area contributed by atoms with Crippen molar-refractivity contribution in [2.75, 3.05) is 7.11 Å². The van der Waals surface area contributed by atoms with Crippen molar-refractivity contribution in [1.82, 2.24) is 9.78 Å². The second-order valence-corrected chi connectivity index (χ2v) is 4.69. The van der Waals surface area contributed by atoms with Crippen LogP contribution in [-0.2, 0) is 13.5 Å². The minimum Gasteiger partial charge on any atom is -0.496 e. The molecule has 0 spiro atoms. The summed E-state index contributed by atoms with van der Waals surface area (Å²) in [6.45, 7) is 4.04. The number of rotatable bonds is 4. The van der Waals surface area contributed by atoms with Crippen LogP contribution in [0.3, 0.4) is 0 Å². The molecule has 1 atom stereocenters. The maximum Gasteiger partial charge on any atom is 0.125 e. The predicted molar refractivity (Wildman–Crippen MR) is 74.4 cm³/mol. The molecule has 0 amide bonds. The van der Waals surface area contributed by atoms with Gasteiger partial charge in [-0.2, -0.15) is 5.10 Å². The first-order chi connectivity index (χ1) is 9.06. The van der Waals surface area contributed by atoms with E-state index in [-0.39, 0.29) is 0 Å². The van der Waals surface area contributed by atoms with Gasteiger partial charge in [-0.3, -0.25) is 4.68 Å². The molecule has 0 aliphatic carbocycles. The standard InChI is InChI=1S/C15H20N2O2/c1-5-11-9-13(17(3)16-11)15(18)12-8-10(2)6-7-14(12)19-4/h6-9,15,18H,5H2,1-4H3. The second-order valence-electron chi connectivity index (χ2n) is 4.69. The van der Waals surface area contributed by atoms with Gasteiger partial charge in [0.05, 0.1) is 18.5 Å². The molecule has 1 heterocycles. The highest BCUT2D eigenvalue weighted by atomic mass is 16.5. The Morgan fingerprint density at radius 1 is 1.37 bits per heavy atom. The van der Waals surface area contributed by atoms with E-state index in [9.17, 15) is 5.11 Å². The third-order valence-electron chi connectivity index (χ3n) is 3.29. The molecule has 0 saturated heterocycles. The zero-order chi connectivity index (χ0) is 14.0. The van der Waals surface area contributed by atoms with E-state index in [1.54, 1.807) is 11.8 Å². The van der Waals surface area contributed by atoms with Gasteiger partial charge in [0.15, 0.2) is 0 Å². The molecular formula is C15H20N2O2. The highest BCUT2D eigenvalue weighted by Gasteiger charge is 2.19. The van der Waals surface area contributed by atoms with Crippen LogP contribution in [0.4, 0.5) is 0 Å². The molecule has 0 saturated carbocycles. The van der Waals surface area contributed by atoms with E-state index in [1.807, 2.05) is 45.2 Å². The topological polar surface area (TPSA) is 47.3 Å². The monoisotopic (exact) mass is 260 g/mol. The summed E-state index contributed by atoms with van der Waals surface area (Å²) in [5, 5.41) is 14.9. The summed E-state index contributed by atoms with van der Waals surface area (Å²) in [5.74, 6) is 0.692. The van der Waals surface area contributed by atoms with Gasteiger partial charge >= 0.3 is 0 Å². The Labute approximate surface area is 113 Å². The maximum absolute atomic E-state index is 10.6. The predicted octanol–water partition coefficient (Wildman–Crippen LogP) is 2.38. The van der Waals surface area contributed by atoms with Gasteiger partial charge in [-0.1, -0.05) is 18.6 Å². The van der Waals surface area contributed by atoms with Crippen LogP contribution >= 0.6 is 0 Å². The van der Waals surface area contributed by atoms with E-state index in [1.165, 1.54) is 0 Å². The van der Waals surface area contributed by atoms with Gasteiger partial charge < -0.3 is 9.84 Å². The molecular weight excluding hydrogens is 240 g/mol. The fraction of sp³-hybridized carbons (Fsp3) is 0.400. The maximum atomic E-state index is 10.6. The normalized spacial score (nSPS) is 12.5. The lowest BCUT2D eigenvalue weighted by Crippen LogP contribution is -2.08. The number of ether oxygens (including phenoxy) is 1. The van der Waals surface area contributed by atoms with Crippen molar-refractivity contribution in [2.24, 2.45) is 7.05 Å². The minimum atomic E-state index is -0.729. The van der Waals surface area contributed by atoms with Crippen molar-refractivity contribution < 1.29 is 9.84 Å². The van der Waals surface area contributed by atoms with Gasteiger partial charge in [-0.05, 0) is 31.5 Å². The average molecular weight is 260 g/mol. The molecule has 2 aromatic rings. The molecule has 0 fully saturated rings. The third-order valence-corrected chi connectivity index (χ3v) is 3.29. The zero-order valence-electron chi connectivity index (χ0n) is 11.8. The number of nitrogens with zero attached hydrogens (tertiary/aromatic N) is 2. The summed E-state index contributed by atoms with van der Waals surface area (Å²) >= 11 is 0. The summed E-state index contributed by atoms with van der Waals surface area (Å²) in [6.07, 6.45) is 0.124. The lowest BCUT2D eigenvalue weighted by molar-refractivity contribution is 0.204. The van der Waals surface area contributed by atoms with Crippen LogP contribution in [0.2, 0.25) is 0 Å². The van der Waals surface area contributed by atoms with E-state index < -0.39 is 6.10 Å². The van der Waals surface area contributed by atoms with E-state index in [4.69, 9.17) is 4.74 Å². The third kappa shape index (κ3) is 2.63. The Kier molecular flexibility index (Phi) is 3.90. The van der Waals surface area contributed by atoms with Crippen molar-refractivity contribution in [2.45, 2.75) is 26.4 Å². The SMILES string of the molecule is CCc1cc(C(O)c2cc(C)ccc2OC)n(C)n1. The minimum absolute atomic E-state index is 0.692. The second kappa shape index (κ2) is 5.45. The Morgan fingerprint density at radius 2 is 2.11 bits per heavy atom. The van der Waals surface area contributed by atoms with Crippen LogP contribution in [0.15, 0.2) is 24.3 Å². The van der Waals surface area contributed by atoms with Gasteiger partial charge in [0, 0.05) is 12.6 Å². The van der Waals surface area contributed by atoms with Gasteiger partial charge in [-0.15, -0.1) is 0 Å². The molecule has 0 aliphatic rings. The van der Waals surface area contributed by atoms with E-state index in [0.29, 0.717) is 5.75 Å². The molecule has 0 bridgehead atoms. The van der Waals surface area contributed by atoms with E-state index in [0.717, 1.165) is 28.9 Å². The van der Waals surface area contributed by atoms with Gasteiger partial charge in [-0.25, -0.2) is 0 Å². The Balaban J connectivity index is 2.45. The smallest absolute Gasteiger partial charge is 0.125 e. The summed E-state index contributed by atoms with van der Waals surface area (Å²) in [5.41, 5.74) is 3.62. The molecule has 4 heteroatoms. The van der Waals surface area contributed by atoms with Crippen LogP contribution in [0.5, 0.6) is 5.75 Å². The number of methoxy groups -OCH3 is 1. The summed E-state index contributed by atoms with van der Waals surface area (Å²) in [7, 11) is 3.46. The van der Waals surface area contributed by atoms with Crippen LogP contribution < -0.4 is 4.74 Å². The number of aryl methyl sites for hydroxylation is 3. The lowest BCUT2D eigenvalue weighted by Gasteiger charge is -2.15. The molecule has 1 aromatic carbocycles. The number of hydrogen-bond donors (Lipinski definition) is 1. The van der Waals surface area contributed by atoms with Gasteiger partial charge in [0.25, 0.3) is 0 Å². The van der Waals surface area contributed by atoms with Crippen LogP contribution in [0.25, 0.3) is 0 Å². The number of hydrogen-bond acceptors (Lipinski definition) is 3. The van der Waals surface area contributed by atoms with Crippen LogP contribution in [-0.4, -0.2) is 22.0 Å². The Hall–Kier alpha value is -1.81. The van der Waals surface area contributed by atoms with Crippen molar-refractivity contribution in [3.63, 3.8) is 0 Å². The largest absolute Gasteiger partial charge is 0.496 e. The first-order valence-corrected chi connectivity index (χ1v) is 6.42. The highest BCUT2D eigenvalue weighted by molar-refractivity contribution is 5.41. The van der Waals surface area contributed by atoms with Gasteiger partial charge in [0.1, 0.15) is 11.9 Å². The summed E-state index contributed by atoms with van der Waals surface area (Å²) < 4.78 is 7.05. The Morgan fingerprint density at radius 3 is 2.68 bits per heavy atom. The number of aliphatic hydroxyl groups excluding tert-OH is 1. The fourth-order valence-corrected chi connectivity index (χ4v) is 2.20. The molecule has 19 heavy (non-hydrogen) atoms. The number of aromatic nitrogens is 2. The molecule has 1 N–H and O–H groups in total. The number of aliphatic hydroxyl groups is 1. The quantitative estimate of drug-likeness (QED) is 0.918. The van der Waals surface area contributed by atoms with Crippen LogP contribution in [0, 0.1) is 6.92 Å². The fourth-order valence-electron chi connectivity index (χ4n) is 2.20. The van der Waals surface area contributed by atoms with Crippen molar-refractivity contribution in [3.05, 3.63) is 46.8 Å². The first kappa shape index (κ1) is 13.6. The lowest BCUT2D eigenvalue weighted by atomic mass is 10.0. The molecule has 2 rings (SSSR count). The van der Waals surface area contributed by atoms with Crippen molar-refractivity contribution >= 4 is 0 Å². The molecule has 1 aromatic heterocycles. The molecule has 0 radical (unpaired) electrons. The van der Waals surface area contributed by atoms with Crippen molar-refractivity contribution in [1.29, 1.82) is 0 Å². The van der Waals surface area contributed by atoms with E-state index >= 15 is 0 Å². The summed E-state index contributed by atoms with van der Waals surface area (Å²) in [6, 6.07) is 7.73. The Bertz CT molecular complexity index is 576. The van der Waals surface area contributed by atoms with Gasteiger partial charge in [0.2, 0.25) is 0 Å². The molecule has 4 nitrogen and oxygen atoms in total. The van der Waals surface area contributed by atoms with Crippen LogP contribution in [0.1, 0.15) is 35.5 Å². The first-order valence-electron chi connectivity index (χ1n) is 6.42.